The van der Waals surface area contributed by atoms with Crippen LogP contribution in [0.5, 0.6) is 5.75 Å². The summed E-state index contributed by atoms with van der Waals surface area (Å²) in [4.78, 5) is -0.492. The van der Waals surface area contributed by atoms with E-state index in [1.165, 1.54) is 12.1 Å². The van der Waals surface area contributed by atoms with Crippen LogP contribution < -0.4 is 10.1 Å². The zero-order valence-corrected chi connectivity index (χ0v) is 18.0. The number of benzene rings is 2. The first-order chi connectivity index (χ1) is 15.3. The standard InChI is InChI=1S/C23H22ClF3N4O/c24-22(18-4-5-20-17(10-18)12-28-13-21-30-29-14-31(20)21)8-6-15(7-9-22)16-2-1-3-19(11-16)32-23(25,26)27/h1-5,10-11,14-15,28H,6-9,12-13H2. The van der Waals surface area contributed by atoms with Gasteiger partial charge >= 0.3 is 6.36 Å². The molecule has 1 aliphatic heterocycles. The lowest BCUT2D eigenvalue weighted by Gasteiger charge is -2.36. The number of aromatic nitrogens is 3. The Morgan fingerprint density at radius 1 is 1.09 bits per heavy atom. The van der Waals surface area contributed by atoms with Gasteiger partial charge in [-0.2, -0.15) is 0 Å². The molecule has 2 aliphatic rings. The van der Waals surface area contributed by atoms with Crippen LogP contribution in [-0.2, 0) is 18.0 Å². The molecule has 1 aliphatic carbocycles. The number of alkyl halides is 4. The van der Waals surface area contributed by atoms with Crippen molar-refractivity contribution in [1.82, 2.24) is 20.1 Å². The molecule has 32 heavy (non-hydrogen) atoms. The number of nitrogens with one attached hydrogen (secondary N) is 1. The summed E-state index contributed by atoms with van der Waals surface area (Å²) in [6, 6.07) is 12.6. The van der Waals surface area contributed by atoms with Crippen molar-refractivity contribution >= 4 is 11.6 Å². The molecule has 1 saturated carbocycles. The molecule has 9 heteroatoms. The normalized spacial score (nSPS) is 23.2. The molecule has 2 aromatic carbocycles. The molecule has 3 aromatic rings. The zero-order valence-electron chi connectivity index (χ0n) is 17.2. The number of hydrogen-bond donors (Lipinski definition) is 1. The number of halogens is 4. The predicted octanol–water partition coefficient (Wildman–Crippen LogP) is 5.56. The van der Waals surface area contributed by atoms with Crippen LogP contribution in [0, 0.1) is 0 Å². The molecule has 0 unspecified atom stereocenters. The van der Waals surface area contributed by atoms with Crippen LogP contribution in [-0.4, -0.2) is 21.1 Å². The van der Waals surface area contributed by atoms with Crippen molar-refractivity contribution in [3.05, 3.63) is 71.3 Å². The van der Waals surface area contributed by atoms with Crippen molar-refractivity contribution in [3.8, 4) is 11.4 Å². The maximum Gasteiger partial charge on any atom is 0.573 e. The number of ether oxygens (including phenoxy) is 1. The second-order valence-electron chi connectivity index (χ2n) is 8.42. The van der Waals surface area contributed by atoms with Gasteiger partial charge in [-0.1, -0.05) is 24.3 Å². The van der Waals surface area contributed by atoms with Gasteiger partial charge in [0.15, 0.2) is 5.82 Å². The van der Waals surface area contributed by atoms with E-state index in [1.807, 2.05) is 10.6 Å². The van der Waals surface area contributed by atoms with E-state index in [0.29, 0.717) is 13.1 Å². The highest BCUT2D eigenvalue weighted by atomic mass is 35.5. The quantitative estimate of drug-likeness (QED) is 0.518. The SMILES string of the molecule is FC(F)(F)Oc1cccc(C2CCC(Cl)(c3ccc4c(c3)CNCc3nncn3-4)CC2)c1. The van der Waals surface area contributed by atoms with E-state index in [0.717, 1.165) is 53.9 Å². The second-order valence-corrected chi connectivity index (χ2v) is 9.15. The first kappa shape index (κ1) is 21.3. The molecule has 1 aromatic heterocycles. The van der Waals surface area contributed by atoms with E-state index < -0.39 is 11.2 Å². The Balaban J connectivity index is 1.33. The molecule has 0 bridgehead atoms. The average molecular weight is 463 g/mol. The van der Waals surface area contributed by atoms with Crippen molar-refractivity contribution in [1.29, 1.82) is 0 Å². The van der Waals surface area contributed by atoms with E-state index in [1.54, 1.807) is 12.4 Å². The minimum absolute atomic E-state index is 0.153. The summed E-state index contributed by atoms with van der Waals surface area (Å²) in [5.41, 5.74) is 4.12. The van der Waals surface area contributed by atoms with Crippen molar-refractivity contribution < 1.29 is 17.9 Å². The van der Waals surface area contributed by atoms with Crippen LogP contribution in [0.25, 0.3) is 5.69 Å². The third-order valence-corrected chi connectivity index (χ3v) is 7.01. The third-order valence-electron chi connectivity index (χ3n) is 6.41. The fraction of sp³-hybridized carbons (Fsp3) is 0.391. The lowest BCUT2D eigenvalue weighted by atomic mass is 9.75. The van der Waals surface area contributed by atoms with Crippen molar-refractivity contribution in [2.75, 3.05) is 0 Å². The van der Waals surface area contributed by atoms with Gasteiger partial charge in [-0.05, 0) is 66.5 Å². The molecule has 2 heterocycles. The fourth-order valence-corrected chi connectivity index (χ4v) is 5.13. The summed E-state index contributed by atoms with van der Waals surface area (Å²) < 4.78 is 43.8. The molecule has 0 amide bonds. The topological polar surface area (TPSA) is 52.0 Å². The first-order valence-electron chi connectivity index (χ1n) is 10.6. The van der Waals surface area contributed by atoms with E-state index in [2.05, 4.69) is 38.5 Å². The summed E-state index contributed by atoms with van der Waals surface area (Å²) in [6.07, 6.45) is 0.110. The maximum absolute atomic E-state index is 12.6. The monoisotopic (exact) mass is 462 g/mol. The second kappa shape index (κ2) is 8.08. The zero-order chi connectivity index (χ0) is 22.3. The van der Waals surface area contributed by atoms with Gasteiger partial charge < -0.3 is 10.1 Å². The summed E-state index contributed by atoms with van der Waals surface area (Å²) in [5, 5.41) is 11.5. The lowest BCUT2D eigenvalue weighted by Crippen LogP contribution is -2.26. The van der Waals surface area contributed by atoms with Gasteiger partial charge in [0.2, 0.25) is 0 Å². The molecular weight excluding hydrogens is 441 g/mol. The van der Waals surface area contributed by atoms with Gasteiger partial charge in [-0.25, -0.2) is 0 Å². The Kier molecular flexibility index (Phi) is 5.37. The fourth-order valence-electron chi connectivity index (χ4n) is 4.79. The minimum atomic E-state index is -4.69. The highest BCUT2D eigenvalue weighted by Crippen LogP contribution is 2.48. The van der Waals surface area contributed by atoms with Crippen LogP contribution in [0.2, 0.25) is 0 Å². The lowest BCUT2D eigenvalue weighted by molar-refractivity contribution is -0.274. The van der Waals surface area contributed by atoms with Crippen molar-refractivity contribution in [2.45, 2.75) is 55.9 Å². The van der Waals surface area contributed by atoms with E-state index in [-0.39, 0.29) is 11.7 Å². The van der Waals surface area contributed by atoms with Gasteiger partial charge in [0, 0.05) is 6.54 Å². The Bertz CT molecular complexity index is 1120. The maximum atomic E-state index is 12.6. The largest absolute Gasteiger partial charge is 0.573 e. The molecule has 0 atom stereocenters. The smallest absolute Gasteiger partial charge is 0.406 e. The highest BCUT2D eigenvalue weighted by Gasteiger charge is 2.36. The Morgan fingerprint density at radius 3 is 2.69 bits per heavy atom. The molecular formula is C23H22ClF3N4O. The van der Waals surface area contributed by atoms with Crippen LogP contribution >= 0.6 is 11.6 Å². The Labute approximate surface area is 188 Å². The summed E-state index contributed by atoms with van der Waals surface area (Å²) in [6.45, 7) is 1.36. The van der Waals surface area contributed by atoms with E-state index in [9.17, 15) is 13.2 Å². The first-order valence-corrected chi connectivity index (χ1v) is 11.0. The molecule has 0 spiro atoms. The van der Waals surface area contributed by atoms with Gasteiger partial charge in [0.1, 0.15) is 12.1 Å². The molecule has 1 fully saturated rings. The van der Waals surface area contributed by atoms with E-state index >= 15 is 0 Å². The minimum Gasteiger partial charge on any atom is -0.406 e. The third kappa shape index (κ3) is 4.21. The number of fused-ring (bicyclic) bond motifs is 3. The number of nitrogens with zero attached hydrogens (tertiary/aromatic N) is 3. The Morgan fingerprint density at radius 2 is 1.91 bits per heavy atom. The predicted molar refractivity (Wildman–Crippen MR) is 114 cm³/mol. The van der Waals surface area contributed by atoms with E-state index in [4.69, 9.17) is 11.6 Å². The van der Waals surface area contributed by atoms with Crippen LogP contribution in [0.15, 0.2) is 48.8 Å². The summed E-state index contributed by atoms with van der Waals surface area (Å²) in [7, 11) is 0. The van der Waals surface area contributed by atoms with Crippen molar-refractivity contribution in [2.24, 2.45) is 0 Å². The van der Waals surface area contributed by atoms with Gasteiger partial charge in [0.05, 0.1) is 17.1 Å². The summed E-state index contributed by atoms with van der Waals surface area (Å²) in [5.74, 6) is 0.847. The molecule has 168 valence electrons. The van der Waals surface area contributed by atoms with Crippen LogP contribution in [0.3, 0.4) is 0 Å². The van der Waals surface area contributed by atoms with Gasteiger partial charge in [-0.15, -0.1) is 35.0 Å². The average Bonchev–Trinajstić information content (AvgIpc) is 3.14. The van der Waals surface area contributed by atoms with Crippen molar-refractivity contribution in [3.63, 3.8) is 0 Å². The molecule has 0 radical (unpaired) electrons. The number of rotatable bonds is 3. The molecule has 5 nitrogen and oxygen atoms in total. The van der Waals surface area contributed by atoms with Crippen LogP contribution in [0.1, 0.15) is 54.1 Å². The molecule has 5 rings (SSSR count). The molecule has 1 N–H and O–H groups in total. The Hall–Kier alpha value is -2.58. The number of hydrogen-bond acceptors (Lipinski definition) is 4. The van der Waals surface area contributed by atoms with Gasteiger partial charge in [-0.3, -0.25) is 4.57 Å². The molecule has 0 saturated heterocycles. The highest BCUT2D eigenvalue weighted by molar-refractivity contribution is 6.24. The van der Waals surface area contributed by atoms with Gasteiger partial charge in [0.25, 0.3) is 0 Å². The summed E-state index contributed by atoms with van der Waals surface area (Å²) >= 11 is 7.11. The van der Waals surface area contributed by atoms with Crippen LogP contribution in [0.4, 0.5) is 13.2 Å².